The Labute approximate surface area is 176 Å². The van der Waals surface area contributed by atoms with Crippen LogP contribution in [0, 0.1) is 11.3 Å². The maximum atomic E-state index is 12.2. The van der Waals surface area contributed by atoms with Crippen LogP contribution in [-0.4, -0.2) is 18.2 Å². The molecule has 0 saturated carbocycles. The highest BCUT2D eigenvalue weighted by molar-refractivity contribution is 7.99. The monoisotopic (exact) mass is 400 g/mol. The van der Waals surface area contributed by atoms with E-state index in [1.165, 1.54) is 11.1 Å². The summed E-state index contributed by atoms with van der Waals surface area (Å²) in [6.45, 7) is 0.637. The van der Waals surface area contributed by atoms with Crippen molar-refractivity contribution in [2.75, 3.05) is 12.3 Å². The lowest BCUT2D eigenvalue weighted by molar-refractivity contribution is -0.118. The zero-order valence-electron chi connectivity index (χ0n) is 16.3. The molecule has 0 saturated heterocycles. The Morgan fingerprint density at radius 3 is 2.21 bits per heavy atom. The molecular formula is C25H24N2OS. The minimum absolute atomic E-state index is 0.0475. The standard InChI is InChI=1S/C25H24N2OS/c26-17-20-8-7-9-21(16-20)18-29-19-25(28)27-15-14-24(22-10-3-1-4-11-22)23-12-5-2-6-13-23/h1-13,16,24H,14-15,18-19H2,(H,27,28). The van der Waals surface area contributed by atoms with E-state index in [4.69, 9.17) is 5.26 Å². The summed E-state index contributed by atoms with van der Waals surface area (Å²) >= 11 is 1.56. The van der Waals surface area contributed by atoms with Gasteiger partial charge in [-0.3, -0.25) is 4.79 Å². The number of carbonyl (C=O) groups is 1. The third-order valence-electron chi connectivity index (χ3n) is 4.72. The first-order valence-electron chi connectivity index (χ1n) is 9.69. The van der Waals surface area contributed by atoms with Crippen LogP contribution < -0.4 is 5.32 Å². The summed E-state index contributed by atoms with van der Waals surface area (Å²) in [5.74, 6) is 1.45. The Bertz CT molecular complexity index is 912. The van der Waals surface area contributed by atoms with Crippen LogP contribution in [0.2, 0.25) is 0 Å². The van der Waals surface area contributed by atoms with E-state index in [1.807, 2.05) is 30.3 Å². The van der Waals surface area contributed by atoms with Crippen molar-refractivity contribution in [3.8, 4) is 6.07 Å². The van der Waals surface area contributed by atoms with Crippen LogP contribution in [0.5, 0.6) is 0 Å². The van der Waals surface area contributed by atoms with Crippen molar-refractivity contribution in [2.24, 2.45) is 0 Å². The smallest absolute Gasteiger partial charge is 0.230 e. The Balaban J connectivity index is 1.48. The van der Waals surface area contributed by atoms with E-state index in [0.717, 1.165) is 17.7 Å². The zero-order chi connectivity index (χ0) is 20.3. The van der Waals surface area contributed by atoms with Gasteiger partial charge in [0.25, 0.3) is 0 Å². The molecule has 1 amide bonds. The predicted molar refractivity (Wildman–Crippen MR) is 120 cm³/mol. The minimum Gasteiger partial charge on any atom is -0.355 e. The normalized spacial score (nSPS) is 10.5. The van der Waals surface area contributed by atoms with Gasteiger partial charge >= 0.3 is 0 Å². The van der Waals surface area contributed by atoms with Gasteiger partial charge in [0.15, 0.2) is 0 Å². The van der Waals surface area contributed by atoms with E-state index in [0.29, 0.717) is 17.9 Å². The number of nitrogens with zero attached hydrogens (tertiary/aromatic N) is 1. The third-order valence-corrected chi connectivity index (χ3v) is 5.72. The first kappa shape index (κ1) is 20.7. The van der Waals surface area contributed by atoms with Gasteiger partial charge in [-0.2, -0.15) is 5.26 Å². The summed E-state index contributed by atoms with van der Waals surface area (Å²) < 4.78 is 0. The number of hydrogen-bond donors (Lipinski definition) is 1. The van der Waals surface area contributed by atoms with Gasteiger partial charge in [-0.1, -0.05) is 72.8 Å². The van der Waals surface area contributed by atoms with E-state index >= 15 is 0 Å². The van der Waals surface area contributed by atoms with Crippen LogP contribution in [-0.2, 0) is 10.5 Å². The lowest BCUT2D eigenvalue weighted by atomic mass is 9.88. The molecule has 0 unspecified atom stereocenters. The molecule has 0 aliphatic rings. The third kappa shape index (κ3) is 6.51. The molecule has 0 aromatic heterocycles. The van der Waals surface area contributed by atoms with Gasteiger partial charge in [-0.25, -0.2) is 0 Å². The second-order valence-corrected chi connectivity index (χ2v) is 7.80. The number of rotatable bonds is 9. The van der Waals surface area contributed by atoms with Gasteiger partial charge < -0.3 is 5.32 Å². The van der Waals surface area contributed by atoms with Crippen LogP contribution in [0.1, 0.15) is 34.6 Å². The lowest BCUT2D eigenvalue weighted by Crippen LogP contribution is -2.27. The van der Waals surface area contributed by atoms with Crippen LogP contribution in [0.15, 0.2) is 84.9 Å². The largest absolute Gasteiger partial charge is 0.355 e. The highest BCUT2D eigenvalue weighted by Crippen LogP contribution is 2.27. The highest BCUT2D eigenvalue weighted by atomic mass is 32.2. The fourth-order valence-corrected chi connectivity index (χ4v) is 4.10. The second kappa shape index (κ2) is 11.1. The molecule has 0 heterocycles. The molecule has 29 heavy (non-hydrogen) atoms. The molecular weight excluding hydrogens is 376 g/mol. The summed E-state index contributed by atoms with van der Waals surface area (Å²) in [6, 6.07) is 30.5. The van der Waals surface area contributed by atoms with E-state index in [2.05, 4.69) is 59.9 Å². The molecule has 4 heteroatoms. The molecule has 3 rings (SSSR count). The fraction of sp³-hybridized carbons (Fsp3) is 0.200. The molecule has 0 bridgehead atoms. The number of benzene rings is 3. The van der Waals surface area contributed by atoms with E-state index in [-0.39, 0.29) is 11.8 Å². The Hall–Kier alpha value is -3.03. The molecule has 0 aliphatic heterocycles. The summed E-state index contributed by atoms with van der Waals surface area (Å²) in [6.07, 6.45) is 0.856. The maximum Gasteiger partial charge on any atom is 0.230 e. The molecule has 0 aliphatic carbocycles. The second-order valence-electron chi connectivity index (χ2n) is 6.82. The summed E-state index contributed by atoms with van der Waals surface area (Å²) in [7, 11) is 0. The number of nitriles is 1. The molecule has 1 N–H and O–H groups in total. The highest BCUT2D eigenvalue weighted by Gasteiger charge is 2.14. The summed E-state index contributed by atoms with van der Waals surface area (Å²) in [4.78, 5) is 12.2. The number of carbonyl (C=O) groups excluding carboxylic acids is 1. The quantitative estimate of drug-likeness (QED) is 0.542. The number of amides is 1. The zero-order valence-corrected chi connectivity index (χ0v) is 17.1. The van der Waals surface area contributed by atoms with E-state index < -0.39 is 0 Å². The summed E-state index contributed by atoms with van der Waals surface area (Å²) in [5.41, 5.74) is 4.25. The maximum absolute atomic E-state index is 12.2. The lowest BCUT2D eigenvalue weighted by Gasteiger charge is -2.18. The molecule has 3 aromatic carbocycles. The van der Waals surface area contributed by atoms with Gasteiger partial charge in [0.2, 0.25) is 5.91 Å². The Morgan fingerprint density at radius 2 is 1.59 bits per heavy atom. The SMILES string of the molecule is N#Cc1cccc(CSCC(=O)NCCC(c2ccccc2)c2ccccc2)c1. The number of nitrogens with one attached hydrogen (secondary N) is 1. The predicted octanol–water partition coefficient (Wildman–Crippen LogP) is 5.13. The van der Waals surface area contributed by atoms with E-state index in [1.54, 1.807) is 17.8 Å². The molecule has 0 fully saturated rings. The van der Waals surface area contributed by atoms with Crippen molar-refractivity contribution in [1.82, 2.24) is 5.32 Å². The average molecular weight is 401 g/mol. The first-order valence-corrected chi connectivity index (χ1v) is 10.8. The van der Waals surface area contributed by atoms with Crippen LogP contribution in [0.4, 0.5) is 0 Å². The minimum atomic E-state index is 0.0475. The van der Waals surface area contributed by atoms with Crippen LogP contribution in [0.3, 0.4) is 0 Å². The van der Waals surface area contributed by atoms with Gasteiger partial charge in [-0.15, -0.1) is 11.8 Å². The topological polar surface area (TPSA) is 52.9 Å². The Kier molecular flexibility index (Phi) is 7.91. The van der Waals surface area contributed by atoms with E-state index in [9.17, 15) is 4.79 Å². The van der Waals surface area contributed by atoms with Crippen LogP contribution >= 0.6 is 11.8 Å². The molecule has 0 spiro atoms. The fourth-order valence-electron chi connectivity index (χ4n) is 3.30. The van der Waals surface area contributed by atoms with Crippen LogP contribution in [0.25, 0.3) is 0 Å². The van der Waals surface area contributed by atoms with Gasteiger partial charge in [0.05, 0.1) is 17.4 Å². The van der Waals surface area contributed by atoms with Gasteiger partial charge in [-0.05, 0) is 35.2 Å². The van der Waals surface area contributed by atoms with Crippen molar-refractivity contribution >= 4 is 17.7 Å². The van der Waals surface area contributed by atoms with Crippen molar-refractivity contribution in [1.29, 1.82) is 5.26 Å². The molecule has 3 aromatic rings. The average Bonchev–Trinajstić information content (AvgIpc) is 2.78. The molecule has 0 atom stereocenters. The molecule has 146 valence electrons. The van der Waals surface area contributed by atoms with Gasteiger partial charge in [0, 0.05) is 18.2 Å². The van der Waals surface area contributed by atoms with Crippen molar-refractivity contribution in [3.05, 3.63) is 107 Å². The van der Waals surface area contributed by atoms with Gasteiger partial charge in [0.1, 0.15) is 0 Å². The number of thioether (sulfide) groups is 1. The van der Waals surface area contributed by atoms with Crippen molar-refractivity contribution < 1.29 is 4.79 Å². The molecule has 0 radical (unpaired) electrons. The van der Waals surface area contributed by atoms with Crippen molar-refractivity contribution in [3.63, 3.8) is 0 Å². The van der Waals surface area contributed by atoms with Crippen molar-refractivity contribution in [2.45, 2.75) is 18.1 Å². The Morgan fingerprint density at radius 1 is 0.931 bits per heavy atom. The first-order chi connectivity index (χ1) is 14.3. The summed E-state index contributed by atoms with van der Waals surface area (Å²) in [5, 5.41) is 12.0. The molecule has 3 nitrogen and oxygen atoms in total. The number of hydrogen-bond acceptors (Lipinski definition) is 3.